The minimum atomic E-state index is -0.985. The Morgan fingerprint density at radius 1 is 1.41 bits per heavy atom. The van der Waals surface area contributed by atoms with Crippen molar-refractivity contribution < 1.29 is 18.3 Å². The van der Waals surface area contributed by atoms with Gasteiger partial charge in [0.1, 0.15) is 0 Å². The van der Waals surface area contributed by atoms with Crippen LogP contribution < -0.4 is 0 Å². The zero-order chi connectivity index (χ0) is 12.4. The van der Waals surface area contributed by atoms with E-state index in [-0.39, 0.29) is 10.9 Å². The number of halogens is 2. The minimum absolute atomic E-state index is 0.0242. The van der Waals surface area contributed by atoms with E-state index in [2.05, 4.69) is 0 Å². The fourth-order valence-corrected chi connectivity index (χ4v) is 1.82. The summed E-state index contributed by atoms with van der Waals surface area (Å²) in [4.78, 5) is 10.8. The van der Waals surface area contributed by atoms with Crippen LogP contribution in [0.15, 0.2) is 18.3 Å². The third-order valence-corrected chi connectivity index (χ3v) is 2.63. The molecule has 0 aliphatic rings. The van der Waals surface area contributed by atoms with E-state index in [0.29, 0.717) is 25.0 Å². The van der Waals surface area contributed by atoms with Crippen LogP contribution in [0, 0.1) is 11.6 Å². The maximum absolute atomic E-state index is 13.6. The Balaban J connectivity index is 2.64. The average Bonchev–Trinajstić information content (AvgIpc) is 2.70. The molecule has 0 radical (unpaired) electrons. The summed E-state index contributed by atoms with van der Waals surface area (Å²) in [6, 6.07) is 2.51. The molecule has 0 saturated carbocycles. The van der Waals surface area contributed by atoms with Gasteiger partial charge >= 0.3 is 0 Å². The van der Waals surface area contributed by atoms with Gasteiger partial charge in [-0.15, -0.1) is 0 Å². The molecule has 0 saturated heterocycles. The lowest BCUT2D eigenvalue weighted by atomic mass is 10.2. The molecule has 2 rings (SSSR count). The van der Waals surface area contributed by atoms with Crippen molar-refractivity contribution in [2.45, 2.75) is 6.54 Å². The van der Waals surface area contributed by atoms with Crippen molar-refractivity contribution in [2.75, 3.05) is 13.7 Å². The third kappa shape index (κ3) is 1.93. The monoisotopic (exact) mass is 239 g/mol. The van der Waals surface area contributed by atoms with Crippen molar-refractivity contribution in [1.29, 1.82) is 0 Å². The fourth-order valence-electron chi connectivity index (χ4n) is 1.82. The number of aromatic nitrogens is 1. The van der Waals surface area contributed by atoms with Crippen LogP contribution in [0.5, 0.6) is 0 Å². The first-order valence-electron chi connectivity index (χ1n) is 5.10. The van der Waals surface area contributed by atoms with Gasteiger partial charge in [-0.05, 0) is 12.1 Å². The molecule has 0 fully saturated rings. The molecule has 0 unspecified atom stereocenters. The van der Waals surface area contributed by atoms with Crippen molar-refractivity contribution in [3.63, 3.8) is 0 Å². The van der Waals surface area contributed by atoms with Crippen LogP contribution in [0.1, 0.15) is 10.4 Å². The minimum Gasteiger partial charge on any atom is -0.383 e. The molecule has 2 aromatic rings. The van der Waals surface area contributed by atoms with E-state index >= 15 is 0 Å². The first kappa shape index (κ1) is 11.7. The van der Waals surface area contributed by atoms with Gasteiger partial charge in [0.05, 0.1) is 12.1 Å². The summed E-state index contributed by atoms with van der Waals surface area (Å²) in [6.45, 7) is 0.910. The van der Waals surface area contributed by atoms with Gasteiger partial charge in [-0.25, -0.2) is 8.78 Å². The molecule has 0 aliphatic heterocycles. The molecule has 0 amide bonds. The topological polar surface area (TPSA) is 31.2 Å². The first-order chi connectivity index (χ1) is 8.19. The van der Waals surface area contributed by atoms with Gasteiger partial charge in [-0.2, -0.15) is 0 Å². The predicted molar refractivity (Wildman–Crippen MR) is 59.1 cm³/mol. The van der Waals surface area contributed by atoms with Gasteiger partial charge in [0, 0.05) is 30.8 Å². The number of benzene rings is 1. The quantitative estimate of drug-likeness (QED) is 0.767. The number of fused-ring (bicyclic) bond motifs is 1. The largest absolute Gasteiger partial charge is 0.383 e. The molecule has 3 nitrogen and oxygen atoms in total. The maximum atomic E-state index is 13.6. The number of rotatable bonds is 4. The normalized spacial score (nSPS) is 11.0. The van der Waals surface area contributed by atoms with Gasteiger partial charge in [-0.1, -0.05) is 0 Å². The van der Waals surface area contributed by atoms with Crippen LogP contribution in [0.4, 0.5) is 8.78 Å². The number of carbonyl (C=O) groups excluding carboxylic acids is 1. The molecule has 90 valence electrons. The second-order valence-electron chi connectivity index (χ2n) is 3.64. The Labute approximate surface area is 96.6 Å². The molecule has 1 heterocycles. The third-order valence-electron chi connectivity index (χ3n) is 2.63. The Morgan fingerprint density at radius 3 is 2.82 bits per heavy atom. The van der Waals surface area contributed by atoms with Crippen molar-refractivity contribution >= 4 is 17.2 Å². The van der Waals surface area contributed by atoms with Crippen LogP contribution in [0.25, 0.3) is 10.9 Å². The summed E-state index contributed by atoms with van der Waals surface area (Å²) in [5.74, 6) is -1.94. The Kier molecular flexibility index (Phi) is 3.19. The van der Waals surface area contributed by atoms with Crippen molar-refractivity contribution in [1.82, 2.24) is 4.57 Å². The van der Waals surface area contributed by atoms with E-state index < -0.39 is 11.6 Å². The number of nitrogens with zero attached hydrogens (tertiary/aromatic N) is 1. The molecule has 0 aliphatic carbocycles. The second kappa shape index (κ2) is 4.63. The lowest BCUT2D eigenvalue weighted by Crippen LogP contribution is -2.02. The average molecular weight is 239 g/mol. The Hall–Kier alpha value is -1.75. The molecule has 0 atom stereocenters. The standard InChI is InChI=1S/C12H11F2NO2/c1-17-5-4-15-6-8(7-16)11-10(15)3-2-9(13)12(11)14/h2-3,6-7H,4-5H2,1H3. The van der Waals surface area contributed by atoms with Gasteiger partial charge in [-0.3, -0.25) is 4.79 Å². The van der Waals surface area contributed by atoms with E-state index in [0.717, 1.165) is 6.07 Å². The van der Waals surface area contributed by atoms with Gasteiger partial charge in [0.2, 0.25) is 0 Å². The van der Waals surface area contributed by atoms with E-state index in [1.165, 1.54) is 12.3 Å². The number of hydrogen-bond donors (Lipinski definition) is 0. The highest BCUT2D eigenvalue weighted by Gasteiger charge is 2.15. The maximum Gasteiger partial charge on any atom is 0.168 e. The van der Waals surface area contributed by atoms with E-state index in [4.69, 9.17) is 4.74 Å². The van der Waals surface area contributed by atoms with Gasteiger partial charge in [0.25, 0.3) is 0 Å². The van der Waals surface area contributed by atoms with Crippen LogP contribution in [0.2, 0.25) is 0 Å². The zero-order valence-corrected chi connectivity index (χ0v) is 9.24. The number of methoxy groups -OCH3 is 1. The van der Waals surface area contributed by atoms with Crippen LogP contribution >= 0.6 is 0 Å². The number of carbonyl (C=O) groups is 1. The Morgan fingerprint density at radius 2 is 2.18 bits per heavy atom. The highest BCUT2D eigenvalue weighted by molar-refractivity contribution is 5.98. The molecule has 17 heavy (non-hydrogen) atoms. The molecule has 5 heteroatoms. The number of ether oxygens (including phenoxy) is 1. The summed E-state index contributed by atoms with van der Waals surface area (Å²) in [5.41, 5.74) is 0.635. The van der Waals surface area contributed by atoms with Crippen LogP contribution in [-0.2, 0) is 11.3 Å². The van der Waals surface area contributed by atoms with Crippen molar-refractivity contribution in [3.8, 4) is 0 Å². The number of hydrogen-bond acceptors (Lipinski definition) is 2. The van der Waals surface area contributed by atoms with Crippen LogP contribution in [-0.4, -0.2) is 24.6 Å². The summed E-state index contributed by atoms with van der Waals surface area (Å²) >= 11 is 0. The molecule has 1 aromatic heterocycles. The number of aldehydes is 1. The van der Waals surface area contributed by atoms with Gasteiger partial charge < -0.3 is 9.30 Å². The zero-order valence-electron chi connectivity index (χ0n) is 9.24. The molecule has 0 spiro atoms. The van der Waals surface area contributed by atoms with Crippen molar-refractivity contribution in [3.05, 3.63) is 35.5 Å². The highest BCUT2D eigenvalue weighted by atomic mass is 19.2. The smallest absolute Gasteiger partial charge is 0.168 e. The van der Waals surface area contributed by atoms with E-state index in [1.54, 1.807) is 11.7 Å². The first-order valence-corrected chi connectivity index (χ1v) is 5.10. The predicted octanol–water partition coefficient (Wildman–Crippen LogP) is 2.38. The second-order valence-corrected chi connectivity index (χ2v) is 3.64. The molecule has 0 N–H and O–H groups in total. The van der Waals surface area contributed by atoms with E-state index in [1.807, 2.05) is 0 Å². The SMILES string of the molecule is COCCn1cc(C=O)c2c(F)c(F)ccc21. The molecular weight excluding hydrogens is 228 g/mol. The summed E-state index contributed by atoms with van der Waals surface area (Å²) in [7, 11) is 1.55. The van der Waals surface area contributed by atoms with Gasteiger partial charge in [0.15, 0.2) is 17.9 Å². The molecule has 1 aromatic carbocycles. The summed E-state index contributed by atoms with van der Waals surface area (Å²) in [5, 5.41) is 0.0242. The summed E-state index contributed by atoms with van der Waals surface area (Å²) < 4.78 is 33.3. The summed E-state index contributed by atoms with van der Waals surface area (Å²) in [6.07, 6.45) is 2.02. The Bertz CT molecular complexity index is 563. The van der Waals surface area contributed by atoms with E-state index in [9.17, 15) is 13.6 Å². The molecular formula is C12H11F2NO2. The highest BCUT2D eigenvalue weighted by Crippen LogP contribution is 2.25. The fraction of sp³-hybridized carbons (Fsp3) is 0.250. The van der Waals surface area contributed by atoms with Crippen molar-refractivity contribution in [2.24, 2.45) is 0 Å². The lowest BCUT2D eigenvalue weighted by Gasteiger charge is -2.04. The lowest BCUT2D eigenvalue weighted by molar-refractivity contribution is 0.112. The van der Waals surface area contributed by atoms with Crippen LogP contribution in [0.3, 0.4) is 0 Å². The molecule has 0 bridgehead atoms.